The van der Waals surface area contributed by atoms with Gasteiger partial charge in [-0.25, -0.2) is 0 Å². The van der Waals surface area contributed by atoms with Gasteiger partial charge in [0.05, 0.1) is 5.56 Å². The Labute approximate surface area is 136 Å². The van der Waals surface area contributed by atoms with Crippen LogP contribution in [-0.4, -0.2) is 17.5 Å². The maximum absolute atomic E-state index is 12.7. The molecule has 0 spiro atoms. The van der Waals surface area contributed by atoms with Crippen molar-refractivity contribution in [1.82, 2.24) is 0 Å². The summed E-state index contributed by atoms with van der Waals surface area (Å²) in [4.78, 5) is 37.1. The van der Waals surface area contributed by atoms with Gasteiger partial charge in [0.2, 0.25) is 17.5 Å². The molecule has 0 heterocycles. The highest BCUT2D eigenvalue weighted by Crippen LogP contribution is 2.62. The van der Waals surface area contributed by atoms with Gasteiger partial charge in [-0.05, 0) is 42.5 Å². The fourth-order valence-electron chi connectivity index (χ4n) is 4.06. The molecule has 2 atom stereocenters. The zero-order valence-corrected chi connectivity index (χ0v) is 13.2. The lowest BCUT2D eigenvalue weighted by molar-refractivity contribution is -0.147. The van der Waals surface area contributed by atoms with E-state index in [2.05, 4.69) is 5.32 Å². The van der Waals surface area contributed by atoms with Crippen molar-refractivity contribution in [3.63, 3.8) is 0 Å². The topological polar surface area (TPSA) is 63.2 Å². The van der Waals surface area contributed by atoms with Crippen LogP contribution in [0.2, 0.25) is 0 Å². The van der Waals surface area contributed by atoms with Crippen LogP contribution in [0.5, 0.6) is 0 Å². The summed E-state index contributed by atoms with van der Waals surface area (Å²) in [7, 11) is 0. The van der Waals surface area contributed by atoms with Gasteiger partial charge in [0, 0.05) is 11.6 Å². The number of alkyl halides is 3. The number of amides is 1. The third kappa shape index (κ3) is 2.03. The van der Waals surface area contributed by atoms with Gasteiger partial charge in [-0.3, -0.25) is 14.4 Å². The van der Waals surface area contributed by atoms with Gasteiger partial charge in [0.25, 0.3) is 0 Å². The molecule has 2 unspecified atom stereocenters. The van der Waals surface area contributed by atoms with Crippen LogP contribution in [0.4, 0.5) is 18.9 Å². The minimum atomic E-state index is -4.46. The average molecular weight is 339 g/mol. The first-order valence-electron chi connectivity index (χ1n) is 7.59. The summed E-state index contributed by atoms with van der Waals surface area (Å²) in [6.07, 6.45) is -3.71. The highest BCUT2D eigenvalue weighted by molar-refractivity contribution is 6.48. The van der Waals surface area contributed by atoms with Crippen LogP contribution in [-0.2, 0) is 20.6 Å². The zero-order chi connectivity index (χ0) is 17.9. The molecule has 24 heavy (non-hydrogen) atoms. The van der Waals surface area contributed by atoms with E-state index in [9.17, 15) is 27.6 Å². The lowest BCUT2D eigenvalue weighted by atomic mass is 9.68. The van der Waals surface area contributed by atoms with E-state index in [4.69, 9.17) is 0 Å². The molecule has 2 bridgehead atoms. The van der Waals surface area contributed by atoms with Gasteiger partial charge in [0.1, 0.15) is 5.41 Å². The summed E-state index contributed by atoms with van der Waals surface area (Å²) in [5.74, 6) is -2.30. The van der Waals surface area contributed by atoms with Crippen molar-refractivity contribution in [2.45, 2.75) is 32.9 Å². The Morgan fingerprint density at radius 2 is 1.75 bits per heavy atom. The molecule has 7 heteroatoms. The third-order valence-electron chi connectivity index (χ3n) is 5.56. The van der Waals surface area contributed by atoms with Crippen molar-refractivity contribution in [3.05, 3.63) is 29.8 Å². The number of carbonyl (C=O) groups is 3. The molecule has 0 radical (unpaired) electrons. The number of anilines is 1. The summed E-state index contributed by atoms with van der Waals surface area (Å²) in [5, 5.41) is 2.51. The van der Waals surface area contributed by atoms with Crippen LogP contribution in [0.15, 0.2) is 24.3 Å². The molecule has 0 aromatic heterocycles. The number of fused-ring (bicyclic) bond motifs is 2. The van der Waals surface area contributed by atoms with Gasteiger partial charge < -0.3 is 5.32 Å². The smallest absolute Gasteiger partial charge is 0.325 e. The van der Waals surface area contributed by atoms with E-state index in [-0.39, 0.29) is 12.1 Å². The molecule has 2 aliphatic carbocycles. The van der Waals surface area contributed by atoms with E-state index in [1.807, 2.05) is 0 Å². The van der Waals surface area contributed by atoms with Gasteiger partial charge in [-0.1, -0.05) is 13.8 Å². The standard InChI is InChI=1S/C17H16F3NO3/c1-15(2)11-7-8-16(15,13(23)12(11)22)14(24)21-10-5-3-9(4-6-10)17(18,19)20/h3-6,11H,7-8H2,1-2H3,(H,21,24). The number of ketones is 2. The van der Waals surface area contributed by atoms with Crippen molar-refractivity contribution in [2.75, 3.05) is 5.32 Å². The van der Waals surface area contributed by atoms with Crippen molar-refractivity contribution in [1.29, 1.82) is 0 Å². The van der Waals surface area contributed by atoms with E-state index in [1.54, 1.807) is 13.8 Å². The van der Waals surface area contributed by atoms with Crippen LogP contribution in [0.25, 0.3) is 0 Å². The summed E-state index contributed by atoms with van der Waals surface area (Å²) in [5.41, 5.74) is -2.89. The van der Waals surface area contributed by atoms with Gasteiger partial charge in [-0.15, -0.1) is 0 Å². The highest BCUT2D eigenvalue weighted by atomic mass is 19.4. The molecule has 1 aromatic rings. The molecule has 1 N–H and O–H groups in total. The Morgan fingerprint density at radius 3 is 2.21 bits per heavy atom. The fourth-order valence-corrected chi connectivity index (χ4v) is 4.06. The van der Waals surface area contributed by atoms with Gasteiger partial charge >= 0.3 is 6.18 Å². The lowest BCUT2D eigenvalue weighted by Gasteiger charge is -2.33. The Bertz CT molecular complexity index is 736. The summed E-state index contributed by atoms with van der Waals surface area (Å²) >= 11 is 0. The largest absolute Gasteiger partial charge is 0.416 e. The molecular weight excluding hydrogens is 323 g/mol. The molecule has 2 aliphatic rings. The van der Waals surface area contributed by atoms with Crippen LogP contribution in [0.3, 0.4) is 0 Å². The van der Waals surface area contributed by atoms with E-state index in [1.165, 1.54) is 0 Å². The molecule has 2 saturated carbocycles. The second kappa shape index (κ2) is 4.91. The summed E-state index contributed by atoms with van der Waals surface area (Å²) in [6, 6.07) is 3.99. The van der Waals surface area contributed by atoms with Gasteiger partial charge in [-0.2, -0.15) is 13.2 Å². The second-order valence-corrected chi connectivity index (χ2v) is 6.94. The molecule has 1 amide bonds. The molecule has 1 aromatic carbocycles. The number of rotatable bonds is 2. The van der Waals surface area contributed by atoms with Crippen LogP contribution < -0.4 is 5.32 Å². The fraction of sp³-hybridized carbons (Fsp3) is 0.471. The second-order valence-electron chi connectivity index (χ2n) is 6.94. The Hall–Kier alpha value is -2.18. The summed E-state index contributed by atoms with van der Waals surface area (Å²) < 4.78 is 37.7. The Balaban J connectivity index is 1.88. The molecular formula is C17H16F3NO3. The molecule has 4 nitrogen and oxygen atoms in total. The number of hydrogen-bond donors (Lipinski definition) is 1. The number of nitrogens with one attached hydrogen (secondary N) is 1. The first-order chi connectivity index (χ1) is 11.0. The number of hydrogen-bond acceptors (Lipinski definition) is 3. The predicted octanol–water partition coefficient (Wildman–Crippen LogP) is 3.22. The molecule has 128 valence electrons. The van der Waals surface area contributed by atoms with Crippen LogP contribution in [0, 0.1) is 16.7 Å². The number of benzene rings is 1. The Kier molecular flexibility index (Phi) is 3.41. The van der Waals surface area contributed by atoms with Crippen molar-refractivity contribution >= 4 is 23.2 Å². The van der Waals surface area contributed by atoms with Crippen molar-refractivity contribution in [2.24, 2.45) is 16.7 Å². The normalized spacial score (nSPS) is 28.3. The minimum absolute atomic E-state index is 0.161. The average Bonchev–Trinajstić information content (AvgIpc) is 2.83. The Morgan fingerprint density at radius 1 is 1.17 bits per heavy atom. The van der Waals surface area contributed by atoms with Gasteiger partial charge in [0.15, 0.2) is 0 Å². The first kappa shape index (κ1) is 16.7. The quantitative estimate of drug-likeness (QED) is 0.665. The van der Waals surface area contributed by atoms with Crippen LogP contribution in [0.1, 0.15) is 32.3 Å². The molecule has 3 rings (SSSR count). The van der Waals surface area contributed by atoms with Crippen molar-refractivity contribution in [3.8, 4) is 0 Å². The molecule has 2 fully saturated rings. The van der Waals surface area contributed by atoms with Crippen LogP contribution >= 0.6 is 0 Å². The maximum Gasteiger partial charge on any atom is 0.416 e. The molecule has 0 saturated heterocycles. The van der Waals surface area contributed by atoms with E-state index in [0.717, 1.165) is 24.3 Å². The third-order valence-corrected chi connectivity index (χ3v) is 5.56. The first-order valence-corrected chi connectivity index (χ1v) is 7.59. The number of halogens is 3. The zero-order valence-electron chi connectivity index (χ0n) is 13.2. The van der Waals surface area contributed by atoms with E-state index >= 15 is 0 Å². The molecule has 0 aliphatic heterocycles. The number of Topliss-reactive ketones (excluding diaryl/α,β-unsaturated/α-hetero) is 2. The lowest BCUT2D eigenvalue weighted by Crippen LogP contribution is -2.47. The maximum atomic E-state index is 12.7. The minimum Gasteiger partial charge on any atom is -0.325 e. The van der Waals surface area contributed by atoms with E-state index in [0.29, 0.717) is 6.42 Å². The highest BCUT2D eigenvalue weighted by Gasteiger charge is 2.72. The summed E-state index contributed by atoms with van der Waals surface area (Å²) in [6.45, 7) is 3.44. The van der Waals surface area contributed by atoms with Crippen molar-refractivity contribution < 1.29 is 27.6 Å². The monoisotopic (exact) mass is 339 g/mol. The number of carbonyl (C=O) groups excluding carboxylic acids is 3. The SMILES string of the molecule is CC1(C)C2CCC1(C(=O)Nc1ccc(C(F)(F)F)cc1)C(=O)C2=O. The predicted molar refractivity (Wildman–Crippen MR) is 79.0 cm³/mol. The van der Waals surface area contributed by atoms with E-state index < -0.39 is 46.0 Å².